The molecule has 0 saturated carbocycles. The first kappa shape index (κ1) is 8.72. The van der Waals surface area contributed by atoms with E-state index in [0.29, 0.717) is 6.54 Å². The molecule has 3 nitrogen and oxygen atoms in total. The van der Waals surface area contributed by atoms with E-state index in [4.69, 9.17) is 5.11 Å². The summed E-state index contributed by atoms with van der Waals surface area (Å²) in [7, 11) is 0. The number of thiophene rings is 1. The quantitative estimate of drug-likeness (QED) is 0.717. The lowest BCUT2D eigenvalue weighted by Crippen LogP contribution is -2.36. The fourth-order valence-corrected chi connectivity index (χ4v) is 2.45. The molecule has 0 aromatic carbocycles. The highest BCUT2D eigenvalue weighted by Gasteiger charge is 2.20. The summed E-state index contributed by atoms with van der Waals surface area (Å²) in [6, 6.07) is 2.05. The second-order valence-corrected chi connectivity index (χ2v) is 4.09. The van der Waals surface area contributed by atoms with Crippen LogP contribution in [-0.4, -0.2) is 29.1 Å². The Morgan fingerprint density at radius 3 is 3.31 bits per heavy atom. The summed E-state index contributed by atoms with van der Waals surface area (Å²) >= 11 is 1.75. The second-order valence-electron chi connectivity index (χ2n) is 3.09. The van der Waals surface area contributed by atoms with Gasteiger partial charge in [-0.15, -0.1) is 11.3 Å². The van der Waals surface area contributed by atoms with E-state index in [0.717, 1.165) is 13.0 Å². The summed E-state index contributed by atoms with van der Waals surface area (Å²) in [4.78, 5) is 14.3. The number of fused-ring (bicyclic) bond motifs is 1. The van der Waals surface area contributed by atoms with Crippen LogP contribution in [0, 0.1) is 0 Å². The molecule has 1 amide bonds. The van der Waals surface area contributed by atoms with Crippen molar-refractivity contribution in [3.05, 3.63) is 21.9 Å². The first-order valence-corrected chi connectivity index (χ1v) is 5.13. The third kappa shape index (κ3) is 1.59. The Balaban J connectivity index is 2.13. The SMILES string of the molecule is O=C(CO)N1CCc2sccc2C1. The van der Waals surface area contributed by atoms with Crippen LogP contribution in [0.25, 0.3) is 0 Å². The standard InChI is InChI=1S/C9H11NO2S/c11-6-9(12)10-3-1-8-7(5-10)2-4-13-8/h2,4,11H,1,3,5-6H2. The minimum Gasteiger partial charge on any atom is -0.387 e. The van der Waals surface area contributed by atoms with Crippen LogP contribution in [0.3, 0.4) is 0 Å². The fraction of sp³-hybridized carbons (Fsp3) is 0.444. The molecule has 0 atom stereocenters. The normalized spacial score (nSPS) is 15.6. The number of aliphatic hydroxyl groups excluding tert-OH is 1. The zero-order valence-electron chi connectivity index (χ0n) is 7.19. The van der Waals surface area contributed by atoms with Crippen LogP contribution in [-0.2, 0) is 17.8 Å². The van der Waals surface area contributed by atoms with Gasteiger partial charge in [0, 0.05) is 18.0 Å². The lowest BCUT2D eigenvalue weighted by Gasteiger charge is -2.26. The highest BCUT2D eigenvalue weighted by molar-refractivity contribution is 7.10. The maximum Gasteiger partial charge on any atom is 0.248 e. The Morgan fingerprint density at radius 2 is 2.54 bits per heavy atom. The summed E-state index contributed by atoms with van der Waals surface area (Å²) in [6.45, 7) is 1.03. The fourth-order valence-electron chi connectivity index (χ4n) is 1.56. The number of nitrogens with zero attached hydrogens (tertiary/aromatic N) is 1. The van der Waals surface area contributed by atoms with Crippen molar-refractivity contribution in [3.8, 4) is 0 Å². The summed E-state index contributed by atoms with van der Waals surface area (Å²) in [5.74, 6) is -0.170. The molecule has 1 N–H and O–H groups in total. The Bertz CT molecular complexity index is 321. The molecule has 13 heavy (non-hydrogen) atoms. The Morgan fingerprint density at radius 1 is 1.69 bits per heavy atom. The summed E-state index contributed by atoms with van der Waals surface area (Å²) < 4.78 is 0. The Labute approximate surface area is 80.6 Å². The zero-order chi connectivity index (χ0) is 9.26. The lowest BCUT2D eigenvalue weighted by molar-refractivity contribution is -0.135. The van der Waals surface area contributed by atoms with Crippen molar-refractivity contribution >= 4 is 17.2 Å². The minimum atomic E-state index is -0.376. The molecule has 1 aromatic rings. The molecule has 1 aliphatic rings. The molecule has 0 fully saturated rings. The van der Waals surface area contributed by atoms with Gasteiger partial charge in [0.25, 0.3) is 0 Å². The molecule has 1 aliphatic heterocycles. The third-order valence-electron chi connectivity index (χ3n) is 2.30. The molecule has 0 bridgehead atoms. The van der Waals surface area contributed by atoms with Gasteiger partial charge in [0.05, 0.1) is 0 Å². The topological polar surface area (TPSA) is 40.5 Å². The van der Waals surface area contributed by atoms with Gasteiger partial charge in [0.1, 0.15) is 6.61 Å². The summed E-state index contributed by atoms with van der Waals surface area (Å²) in [5, 5.41) is 10.8. The first-order valence-electron chi connectivity index (χ1n) is 4.25. The van der Waals surface area contributed by atoms with E-state index in [1.165, 1.54) is 10.4 Å². The molecule has 0 aliphatic carbocycles. The van der Waals surface area contributed by atoms with Gasteiger partial charge >= 0.3 is 0 Å². The van der Waals surface area contributed by atoms with Crippen LogP contribution in [0.1, 0.15) is 10.4 Å². The number of carbonyl (C=O) groups excluding carboxylic acids is 1. The Hall–Kier alpha value is -0.870. The van der Waals surface area contributed by atoms with Crippen LogP contribution < -0.4 is 0 Å². The van der Waals surface area contributed by atoms with Gasteiger partial charge in [0.2, 0.25) is 5.91 Å². The molecule has 4 heteroatoms. The van der Waals surface area contributed by atoms with Crippen LogP contribution in [0.2, 0.25) is 0 Å². The molecule has 1 aromatic heterocycles. The molecular weight excluding hydrogens is 186 g/mol. The summed E-state index contributed by atoms with van der Waals surface area (Å²) in [5.41, 5.74) is 1.23. The molecule has 0 radical (unpaired) electrons. The molecule has 0 saturated heterocycles. The van der Waals surface area contributed by atoms with Gasteiger partial charge < -0.3 is 10.0 Å². The van der Waals surface area contributed by atoms with E-state index >= 15 is 0 Å². The zero-order valence-corrected chi connectivity index (χ0v) is 8.01. The average molecular weight is 197 g/mol. The van der Waals surface area contributed by atoms with Crippen molar-refractivity contribution in [3.63, 3.8) is 0 Å². The van der Waals surface area contributed by atoms with Gasteiger partial charge in [-0.2, -0.15) is 0 Å². The largest absolute Gasteiger partial charge is 0.387 e. The maximum atomic E-state index is 11.2. The third-order valence-corrected chi connectivity index (χ3v) is 3.32. The molecular formula is C9H11NO2S. The van der Waals surface area contributed by atoms with Gasteiger partial charge in [-0.3, -0.25) is 4.79 Å². The van der Waals surface area contributed by atoms with E-state index in [-0.39, 0.29) is 12.5 Å². The molecule has 70 valence electrons. The highest BCUT2D eigenvalue weighted by Crippen LogP contribution is 2.23. The maximum absolute atomic E-state index is 11.2. The average Bonchev–Trinajstić information content (AvgIpc) is 2.63. The van der Waals surface area contributed by atoms with Crippen LogP contribution in [0.15, 0.2) is 11.4 Å². The van der Waals surface area contributed by atoms with E-state index < -0.39 is 0 Å². The van der Waals surface area contributed by atoms with Crippen molar-refractivity contribution in [1.82, 2.24) is 4.90 Å². The monoisotopic (exact) mass is 197 g/mol. The van der Waals surface area contributed by atoms with Gasteiger partial charge in [-0.25, -0.2) is 0 Å². The van der Waals surface area contributed by atoms with Crippen LogP contribution in [0.5, 0.6) is 0 Å². The second kappa shape index (κ2) is 3.47. The molecule has 0 spiro atoms. The van der Waals surface area contributed by atoms with Crippen LogP contribution in [0.4, 0.5) is 0 Å². The van der Waals surface area contributed by atoms with Crippen LogP contribution >= 0.6 is 11.3 Å². The van der Waals surface area contributed by atoms with Crippen molar-refractivity contribution in [2.75, 3.05) is 13.2 Å². The molecule has 2 rings (SSSR count). The number of hydrogen-bond acceptors (Lipinski definition) is 3. The van der Waals surface area contributed by atoms with Crippen molar-refractivity contribution < 1.29 is 9.90 Å². The number of amides is 1. The molecule has 0 unspecified atom stereocenters. The van der Waals surface area contributed by atoms with Crippen molar-refractivity contribution in [1.29, 1.82) is 0 Å². The number of carbonyl (C=O) groups is 1. The van der Waals surface area contributed by atoms with Gasteiger partial charge in [-0.1, -0.05) is 0 Å². The van der Waals surface area contributed by atoms with Crippen molar-refractivity contribution in [2.45, 2.75) is 13.0 Å². The first-order chi connectivity index (χ1) is 6.31. The predicted molar refractivity (Wildman–Crippen MR) is 50.5 cm³/mol. The van der Waals surface area contributed by atoms with E-state index in [1.54, 1.807) is 16.2 Å². The lowest BCUT2D eigenvalue weighted by atomic mass is 10.1. The van der Waals surface area contributed by atoms with Crippen molar-refractivity contribution in [2.24, 2.45) is 0 Å². The van der Waals surface area contributed by atoms with E-state index in [1.807, 2.05) is 0 Å². The summed E-state index contributed by atoms with van der Waals surface area (Å²) in [6.07, 6.45) is 0.929. The van der Waals surface area contributed by atoms with E-state index in [9.17, 15) is 4.79 Å². The van der Waals surface area contributed by atoms with Gasteiger partial charge in [-0.05, 0) is 23.4 Å². The number of rotatable bonds is 1. The minimum absolute atomic E-state index is 0.170. The molecule has 2 heterocycles. The number of hydrogen-bond donors (Lipinski definition) is 1. The smallest absolute Gasteiger partial charge is 0.248 e. The predicted octanol–water partition coefficient (Wildman–Crippen LogP) is 0.625. The highest BCUT2D eigenvalue weighted by atomic mass is 32.1. The van der Waals surface area contributed by atoms with E-state index in [2.05, 4.69) is 11.4 Å². The van der Waals surface area contributed by atoms with Gasteiger partial charge in [0.15, 0.2) is 0 Å². The number of aliphatic hydroxyl groups is 1. The Kier molecular flexibility index (Phi) is 2.33.